The summed E-state index contributed by atoms with van der Waals surface area (Å²) in [5.74, 6) is -6.83. The molecule has 11 atom stereocenters. The molecule has 336 valence electrons. The van der Waals surface area contributed by atoms with Crippen LogP contribution in [0, 0.1) is 0 Å². The fraction of sp³-hybridized carbons (Fsp3) is 0.512. The second-order valence-corrected chi connectivity index (χ2v) is 14.4. The number of carbonyl (C=O) groups excluding carboxylic acids is 8. The maximum atomic E-state index is 13.4. The predicted molar refractivity (Wildman–Crippen MR) is 201 cm³/mol. The minimum absolute atomic E-state index is 0.121. The number of rotatable bonds is 13. The van der Waals surface area contributed by atoms with Crippen LogP contribution in [0.1, 0.15) is 83.8 Å². The van der Waals surface area contributed by atoms with Gasteiger partial charge in [0.05, 0.1) is 12.5 Å². The largest absolute Gasteiger partial charge is 0.507 e. The van der Waals surface area contributed by atoms with Crippen molar-refractivity contribution in [2.24, 2.45) is 0 Å². The Bertz CT molecular complexity index is 2050. The van der Waals surface area contributed by atoms with E-state index in [2.05, 4.69) is 0 Å². The maximum Gasteiger partial charge on any atom is 0.308 e. The third kappa shape index (κ3) is 11.7. The first-order chi connectivity index (χ1) is 29.2. The average Bonchev–Trinajstić information content (AvgIpc) is 3.15. The molecule has 21 nitrogen and oxygen atoms in total. The van der Waals surface area contributed by atoms with Crippen LogP contribution in [0.15, 0.2) is 36.4 Å². The van der Waals surface area contributed by atoms with Gasteiger partial charge in [0.2, 0.25) is 6.29 Å². The Balaban J connectivity index is 1.58. The van der Waals surface area contributed by atoms with E-state index in [9.17, 15) is 43.5 Å². The van der Waals surface area contributed by atoms with E-state index < -0.39 is 127 Å². The zero-order valence-corrected chi connectivity index (χ0v) is 34.8. The molecule has 1 N–H and O–H groups in total. The van der Waals surface area contributed by atoms with Crippen molar-refractivity contribution < 1.29 is 100 Å². The first-order valence-corrected chi connectivity index (χ1v) is 19.2. The van der Waals surface area contributed by atoms with Crippen molar-refractivity contribution >= 4 is 47.6 Å². The molecule has 3 aliphatic heterocycles. The first kappa shape index (κ1) is 46.7. The van der Waals surface area contributed by atoms with E-state index in [0.717, 1.165) is 47.6 Å². The van der Waals surface area contributed by atoms with Crippen LogP contribution in [0.2, 0.25) is 0 Å². The SMILES string of the molecule is CC(=O)OCC1OC(Oc2cc(O)c3c(c2)OC(c2ccc(OC(C)=O)cc2)CC3=O)C(OC2OC(C)C(OC(C)=O)C(OC(C)=O)C2OC(C)=O)C(OC(C)=O)C1OC(C)=O. The van der Waals surface area contributed by atoms with E-state index in [1.807, 2.05) is 0 Å². The monoisotopic (exact) mass is 874 g/mol. The topological polar surface area (TPSA) is 268 Å². The van der Waals surface area contributed by atoms with Crippen molar-refractivity contribution in [3.63, 3.8) is 0 Å². The summed E-state index contributed by atoms with van der Waals surface area (Å²) >= 11 is 0. The summed E-state index contributed by atoms with van der Waals surface area (Å²) in [5.41, 5.74) is 0.353. The van der Waals surface area contributed by atoms with Gasteiger partial charge in [-0.2, -0.15) is 0 Å². The van der Waals surface area contributed by atoms with Crippen LogP contribution in [-0.2, 0) is 76.2 Å². The number of Topliss-reactive ketones (excluding diaryl/α,β-unsaturated/α-hetero) is 1. The lowest BCUT2D eigenvalue weighted by molar-refractivity contribution is -0.356. The van der Waals surface area contributed by atoms with Crippen LogP contribution in [-0.4, -0.2) is 121 Å². The van der Waals surface area contributed by atoms with Gasteiger partial charge in [-0.3, -0.25) is 38.4 Å². The fourth-order valence-corrected chi connectivity index (χ4v) is 7.06. The molecular weight excluding hydrogens is 828 g/mol. The molecule has 2 aromatic rings. The highest BCUT2D eigenvalue weighted by molar-refractivity contribution is 6.02. The molecule has 2 saturated heterocycles. The molecule has 5 rings (SSSR count). The Morgan fingerprint density at radius 2 is 1.18 bits per heavy atom. The van der Waals surface area contributed by atoms with Gasteiger partial charge in [0.15, 0.2) is 48.7 Å². The molecule has 0 aliphatic carbocycles. The van der Waals surface area contributed by atoms with Crippen LogP contribution in [0.3, 0.4) is 0 Å². The normalized spacial score (nSPS) is 27.8. The van der Waals surface area contributed by atoms with Gasteiger partial charge in [-0.15, -0.1) is 0 Å². The second-order valence-electron chi connectivity index (χ2n) is 14.4. The fourth-order valence-electron chi connectivity index (χ4n) is 7.06. The summed E-state index contributed by atoms with van der Waals surface area (Å²) < 4.78 is 69.1. The Hall–Kier alpha value is -6.32. The molecular formula is C41H46O21. The van der Waals surface area contributed by atoms with Gasteiger partial charge in [-0.25, -0.2) is 0 Å². The minimum Gasteiger partial charge on any atom is -0.507 e. The lowest BCUT2D eigenvalue weighted by atomic mass is 9.95. The van der Waals surface area contributed by atoms with Gasteiger partial charge in [-0.05, 0) is 24.6 Å². The van der Waals surface area contributed by atoms with Gasteiger partial charge < -0.3 is 61.9 Å². The number of carbonyl (C=O) groups is 8. The van der Waals surface area contributed by atoms with Gasteiger partial charge in [-0.1, -0.05) is 12.1 Å². The highest BCUT2D eigenvalue weighted by Gasteiger charge is 2.57. The van der Waals surface area contributed by atoms with Crippen LogP contribution in [0.5, 0.6) is 23.0 Å². The molecule has 3 heterocycles. The maximum absolute atomic E-state index is 13.4. The lowest BCUT2D eigenvalue weighted by Crippen LogP contribution is -2.67. The molecule has 0 spiro atoms. The summed E-state index contributed by atoms with van der Waals surface area (Å²) in [4.78, 5) is 99.0. The Labute approximate surface area is 354 Å². The second kappa shape index (κ2) is 20.0. The number of ether oxygens (including phenoxy) is 12. The number of esters is 7. The van der Waals surface area contributed by atoms with Gasteiger partial charge in [0, 0.05) is 60.6 Å². The van der Waals surface area contributed by atoms with E-state index in [4.69, 9.17) is 56.8 Å². The molecule has 2 aromatic carbocycles. The van der Waals surface area contributed by atoms with Crippen LogP contribution in [0.25, 0.3) is 0 Å². The third-order valence-electron chi connectivity index (χ3n) is 9.31. The number of ketones is 1. The molecule has 0 amide bonds. The standard InChI is InChI=1S/C41H46O21/c1-17-34(54-20(4)44)36(56-22(6)46)38(58-24(8)48)40(52-17)62-39-37(57-23(7)47)35(55-21(5)45)32(16-51-18(2)42)61-41(39)59-27-13-28(49)33-29(50)15-30(60-31(33)14-27)25-9-11-26(12-10-25)53-19(3)43/h9-14,17,30,32,34-41,49H,15-16H2,1-8H3. The highest BCUT2D eigenvalue weighted by Crippen LogP contribution is 2.43. The van der Waals surface area contributed by atoms with Gasteiger partial charge >= 0.3 is 41.8 Å². The van der Waals surface area contributed by atoms with Crippen LogP contribution < -0.4 is 14.2 Å². The number of hydrogen-bond donors (Lipinski definition) is 1. The quantitative estimate of drug-likeness (QED) is 0.172. The molecule has 0 aromatic heterocycles. The first-order valence-electron chi connectivity index (χ1n) is 19.2. The summed E-state index contributed by atoms with van der Waals surface area (Å²) in [6.45, 7) is 8.47. The van der Waals surface area contributed by atoms with Crippen molar-refractivity contribution in [1.82, 2.24) is 0 Å². The van der Waals surface area contributed by atoms with E-state index in [-0.39, 0.29) is 29.2 Å². The van der Waals surface area contributed by atoms with Crippen LogP contribution in [0.4, 0.5) is 0 Å². The third-order valence-corrected chi connectivity index (χ3v) is 9.31. The number of phenolic OH excluding ortho intramolecular Hbond substituents is 1. The van der Waals surface area contributed by atoms with Gasteiger partial charge in [0.25, 0.3) is 0 Å². The number of hydrogen-bond acceptors (Lipinski definition) is 21. The molecule has 2 fully saturated rings. The van der Waals surface area contributed by atoms with Crippen LogP contribution >= 0.6 is 0 Å². The van der Waals surface area contributed by atoms with Crippen molar-refractivity contribution in [2.75, 3.05) is 6.61 Å². The number of aromatic hydroxyl groups is 1. The zero-order chi connectivity index (χ0) is 45.6. The Morgan fingerprint density at radius 1 is 0.629 bits per heavy atom. The van der Waals surface area contributed by atoms with Crippen molar-refractivity contribution in [1.29, 1.82) is 0 Å². The summed E-state index contributed by atoms with van der Waals surface area (Å²) in [5, 5.41) is 11.2. The van der Waals surface area contributed by atoms with E-state index >= 15 is 0 Å². The molecule has 3 aliphatic rings. The average molecular weight is 875 g/mol. The molecule has 0 radical (unpaired) electrons. The van der Waals surface area contributed by atoms with Crippen molar-refractivity contribution in [3.8, 4) is 23.0 Å². The minimum atomic E-state index is -1.80. The zero-order valence-electron chi connectivity index (χ0n) is 34.8. The van der Waals surface area contributed by atoms with E-state index in [1.54, 1.807) is 12.1 Å². The smallest absolute Gasteiger partial charge is 0.308 e. The highest BCUT2D eigenvalue weighted by atomic mass is 16.8. The molecule has 0 bridgehead atoms. The summed E-state index contributed by atoms with van der Waals surface area (Å²) in [6, 6.07) is 8.54. The summed E-state index contributed by atoms with van der Waals surface area (Å²) in [6.07, 6.45) is -16.8. The summed E-state index contributed by atoms with van der Waals surface area (Å²) in [7, 11) is 0. The van der Waals surface area contributed by atoms with Crippen molar-refractivity contribution in [2.45, 2.75) is 129 Å². The molecule has 0 saturated carbocycles. The number of phenols is 1. The molecule has 11 unspecified atom stereocenters. The number of fused-ring (bicyclic) bond motifs is 1. The van der Waals surface area contributed by atoms with E-state index in [0.29, 0.717) is 5.56 Å². The number of benzene rings is 2. The Morgan fingerprint density at radius 3 is 1.74 bits per heavy atom. The Kier molecular flexibility index (Phi) is 15.1. The van der Waals surface area contributed by atoms with Gasteiger partial charge in [0.1, 0.15) is 47.4 Å². The van der Waals surface area contributed by atoms with Crippen molar-refractivity contribution in [3.05, 3.63) is 47.5 Å². The molecule has 21 heteroatoms. The predicted octanol–water partition coefficient (Wildman–Crippen LogP) is 2.48. The lowest BCUT2D eigenvalue weighted by Gasteiger charge is -2.48. The molecule has 62 heavy (non-hydrogen) atoms. The van der Waals surface area contributed by atoms with E-state index in [1.165, 1.54) is 32.0 Å².